The number of ether oxygens (including phenoxy) is 1. The van der Waals surface area contributed by atoms with Crippen molar-refractivity contribution in [2.24, 2.45) is 5.92 Å². The molecule has 1 saturated heterocycles. The van der Waals surface area contributed by atoms with Gasteiger partial charge < -0.3 is 10.1 Å². The number of alkyl halides is 2. The van der Waals surface area contributed by atoms with Crippen molar-refractivity contribution in [1.29, 1.82) is 0 Å². The minimum Gasteiger partial charge on any atom is -0.435 e. The van der Waals surface area contributed by atoms with Crippen LogP contribution in [-0.2, 0) is 5.75 Å². The van der Waals surface area contributed by atoms with Crippen LogP contribution in [0.5, 0.6) is 5.75 Å². The molecular weight excluding hydrogens is 280 g/mol. The van der Waals surface area contributed by atoms with Crippen LogP contribution in [0.25, 0.3) is 0 Å². The Kier molecular flexibility index (Phi) is 5.09. The molecule has 0 radical (unpaired) electrons. The third kappa shape index (κ3) is 4.00. The first-order valence-electron chi connectivity index (χ1n) is 5.67. The predicted octanol–water partition coefficient (Wildman–Crippen LogP) is 3.39. The zero-order valence-electron chi connectivity index (χ0n) is 9.67. The molecule has 1 aromatic rings. The van der Waals surface area contributed by atoms with E-state index in [2.05, 4.69) is 10.1 Å². The van der Waals surface area contributed by atoms with E-state index in [1.165, 1.54) is 6.07 Å². The van der Waals surface area contributed by atoms with Crippen LogP contribution >= 0.6 is 23.4 Å². The molecule has 2 rings (SSSR count). The molecule has 6 heteroatoms. The molecule has 1 heterocycles. The van der Waals surface area contributed by atoms with Gasteiger partial charge in [0.25, 0.3) is 0 Å². The van der Waals surface area contributed by atoms with E-state index < -0.39 is 6.61 Å². The van der Waals surface area contributed by atoms with Gasteiger partial charge in [0.15, 0.2) is 0 Å². The fourth-order valence-corrected chi connectivity index (χ4v) is 3.00. The second-order valence-electron chi connectivity index (χ2n) is 4.17. The number of benzene rings is 1. The maximum atomic E-state index is 12.2. The lowest BCUT2D eigenvalue weighted by Gasteiger charge is -2.26. The van der Waals surface area contributed by atoms with Crippen molar-refractivity contribution in [3.8, 4) is 5.75 Å². The van der Waals surface area contributed by atoms with Crippen molar-refractivity contribution in [2.75, 3.05) is 18.8 Å². The summed E-state index contributed by atoms with van der Waals surface area (Å²) in [5.41, 5.74) is 0.722. The van der Waals surface area contributed by atoms with Crippen LogP contribution in [0.3, 0.4) is 0 Å². The number of thioether (sulfide) groups is 1. The molecule has 0 aromatic heterocycles. The van der Waals surface area contributed by atoms with E-state index in [9.17, 15) is 8.78 Å². The summed E-state index contributed by atoms with van der Waals surface area (Å²) in [6, 6.07) is 4.74. The van der Waals surface area contributed by atoms with E-state index in [4.69, 9.17) is 11.6 Å². The highest BCUT2D eigenvalue weighted by molar-refractivity contribution is 7.98. The van der Waals surface area contributed by atoms with E-state index in [0.29, 0.717) is 16.7 Å². The van der Waals surface area contributed by atoms with Gasteiger partial charge in [-0.15, -0.1) is 0 Å². The SMILES string of the molecule is FC(F)Oc1ccc(Cl)cc1CSCC1CNC1. The lowest BCUT2D eigenvalue weighted by atomic mass is 10.1. The molecular formula is C12H14ClF2NOS. The van der Waals surface area contributed by atoms with E-state index in [1.807, 2.05) is 0 Å². The highest BCUT2D eigenvalue weighted by atomic mass is 35.5. The Morgan fingerprint density at radius 3 is 2.83 bits per heavy atom. The Morgan fingerprint density at radius 1 is 1.44 bits per heavy atom. The smallest absolute Gasteiger partial charge is 0.387 e. The van der Waals surface area contributed by atoms with Crippen molar-refractivity contribution in [2.45, 2.75) is 12.4 Å². The van der Waals surface area contributed by atoms with Gasteiger partial charge in [0.05, 0.1) is 0 Å². The average molecular weight is 294 g/mol. The van der Waals surface area contributed by atoms with Crippen molar-refractivity contribution >= 4 is 23.4 Å². The first-order chi connectivity index (χ1) is 8.65. The molecule has 0 aliphatic carbocycles. The van der Waals surface area contributed by atoms with Crippen molar-refractivity contribution in [3.63, 3.8) is 0 Å². The van der Waals surface area contributed by atoms with Gasteiger partial charge >= 0.3 is 6.61 Å². The lowest BCUT2D eigenvalue weighted by Crippen LogP contribution is -2.43. The third-order valence-corrected chi connectivity index (χ3v) is 4.17. The van der Waals surface area contributed by atoms with Gasteiger partial charge in [-0.3, -0.25) is 0 Å². The Bertz CT molecular complexity index is 402. The molecule has 0 amide bonds. The number of halogens is 3. The van der Waals surface area contributed by atoms with Crippen molar-refractivity contribution in [1.82, 2.24) is 5.32 Å². The molecule has 0 bridgehead atoms. The summed E-state index contributed by atoms with van der Waals surface area (Å²) in [7, 11) is 0. The van der Waals surface area contributed by atoms with Crippen LogP contribution in [-0.4, -0.2) is 25.5 Å². The summed E-state index contributed by atoms with van der Waals surface area (Å²) in [6.07, 6.45) is 0. The van der Waals surface area contributed by atoms with E-state index in [-0.39, 0.29) is 5.75 Å². The lowest BCUT2D eigenvalue weighted by molar-refractivity contribution is -0.0503. The molecule has 1 fully saturated rings. The minimum absolute atomic E-state index is 0.216. The van der Waals surface area contributed by atoms with Gasteiger partial charge in [-0.2, -0.15) is 20.5 Å². The van der Waals surface area contributed by atoms with E-state index in [0.717, 1.165) is 24.4 Å². The summed E-state index contributed by atoms with van der Waals surface area (Å²) in [6.45, 7) is -0.711. The van der Waals surface area contributed by atoms with Crippen LogP contribution in [0.4, 0.5) is 8.78 Å². The molecule has 0 atom stereocenters. The predicted molar refractivity (Wildman–Crippen MR) is 70.6 cm³/mol. The van der Waals surface area contributed by atoms with Gasteiger partial charge in [0, 0.05) is 16.3 Å². The minimum atomic E-state index is -2.80. The first-order valence-corrected chi connectivity index (χ1v) is 7.20. The summed E-state index contributed by atoms with van der Waals surface area (Å²) >= 11 is 7.59. The fourth-order valence-electron chi connectivity index (χ4n) is 1.67. The number of nitrogens with one attached hydrogen (secondary N) is 1. The number of rotatable bonds is 6. The standard InChI is InChI=1S/C12H14ClF2NOS/c13-10-1-2-11(17-12(14)15)9(3-10)7-18-6-8-4-16-5-8/h1-3,8,12,16H,4-7H2. The Labute approximate surface area is 114 Å². The molecule has 1 aliphatic heterocycles. The second-order valence-corrected chi connectivity index (χ2v) is 5.64. The zero-order chi connectivity index (χ0) is 13.0. The molecule has 0 spiro atoms. The molecule has 18 heavy (non-hydrogen) atoms. The third-order valence-electron chi connectivity index (χ3n) is 2.72. The molecule has 0 unspecified atom stereocenters. The van der Waals surface area contributed by atoms with Crippen LogP contribution in [0, 0.1) is 5.92 Å². The normalized spacial score (nSPS) is 15.8. The van der Waals surface area contributed by atoms with Crippen LogP contribution < -0.4 is 10.1 Å². The molecule has 1 aromatic carbocycles. The maximum Gasteiger partial charge on any atom is 0.387 e. The van der Waals surface area contributed by atoms with Gasteiger partial charge in [0.2, 0.25) is 0 Å². The number of hydrogen-bond donors (Lipinski definition) is 1. The monoisotopic (exact) mass is 293 g/mol. The molecule has 1 aliphatic rings. The van der Waals surface area contributed by atoms with Crippen LogP contribution in [0.15, 0.2) is 18.2 Å². The van der Waals surface area contributed by atoms with Crippen LogP contribution in [0.2, 0.25) is 5.02 Å². The van der Waals surface area contributed by atoms with E-state index >= 15 is 0 Å². The van der Waals surface area contributed by atoms with E-state index in [1.54, 1.807) is 23.9 Å². The van der Waals surface area contributed by atoms with Gasteiger partial charge in [0.1, 0.15) is 5.75 Å². The Hall–Kier alpha value is -0.520. The molecule has 1 N–H and O–H groups in total. The first kappa shape index (κ1) is 13.9. The summed E-state index contributed by atoms with van der Waals surface area (Å²) in [5, 5.41) is 3.74. The second kappa shape index (κ2) is 6.59. The molecule has 0 saturated carbocycles. The van der Waals surface area contributed by atoms with Gasteiger partial charge in [-0.05, 0) is 43.0 Å². The quantitative estimate of drug-likeness (QED) is 0.869. The van der Waals surface area contributed by atoms with Crippen LogP contribution in [0.1, 0.15) is 5.56 Å². The average Bonchev–Trinajstić information content (AvgIpc) is 2.24. The van der Waals surface area contributed by atoms with Crippen molar-refractivity contribution < 1.29 is 13.5 Å². The van der Waals surface area contributed by atoms with Crippen molar-refractivity contribution in [3.05, 3.63) is 28.8 Å². The topological polar surface area (TPSA) is 21.3 Å². The molecule has 2 nitrogen and oxygen atoms in total. The highest BCUT2D eigenvalue weighted by Crippen LogP contribution is 2.29. The molecule has 100 valence electrons. The highest BCUT2D eigenvalue weighted by Gasteiger charge is 2.17. The zero-order valence-corrected chi connectivity index (χ0v) is 11.2. The Balaban J connectivity index is 1.92. The van der Waals surface area contributed by atoms with Gasteiger partial charge in [-0.1, -0.05) is 11.6 Å². The maximum absolute atomic E-state index is 12.2. The van der Waals surface area contributed by atoms with Gasteiger partial charge in [-0.25, -0.2) is 0 Å². The number of hydrogen-bond acceptors (Lipinski definition) is 3. The summed E-state index contributed by atoms with van der Waals surface area (Å²) < 4.78 is 29.0. The Morgan fingerprint density at radius 2 is 2.22 bits per heavy atom. The summed E-state index contributed by atoms with van der Waals surface area (Å²) in [5.74, 6) is 2.56. The summed E-state index contributed by atoms with van der Waals surface area (Å²) in [4.78, 5) is 0. The largest absolute Gasteiger partial charge is 0.435 e. The fraction of sp³-hybridized carbons (Fsp3) is 0.500.